The molecule has 0 heterocycles. The van der Waals surface area contributed by atoms with Gasteiger partial charge in [-0.2, -0.15) is 0 Å². The number of ether oxygens (including phenoxy) is 3. The van der Waals surface area contributed by atoms with Gasteiger partial charge in [-0.1, -0.05) is 0 Å². The lowest BCUT2D eigenvalue weighted by Crippen LogP contribution is -2.08. The lowest BCUT2D eigenvalue weighted by atomic mass is 10.1. The minimum Gasteiger partial charge on any atom is -0.493 e. The van der Waals surface area contributed by atoms with Gasteiger partial charge < -0.3 is 14.2 Å². The van der Waals surface area contributed by atoms with Crippen LogP contribution in [0.25, 0.3) is 0 Å². The summed E-state index contributed by atoms with van der Waals surface area (Å²) in [5.41, 5.74) is -0.217. The average molecular weight is 396 g/mol. The highest BCUT2D eigenvalue weighted by molar-refractivity contribution is 5.79. The molecule has 0 atom stereocenters. The van der Waals surface area contributed by atoms with E-state index < -0.39 is 24.1 Å². The van der Waals surface area contributed by atoms with E-state index in [1.807, 2.05) is 0 Å². The summed E-state index contributed by atoms with van der Waals surface area (Å²) in [5, 5.41) is 0. The fraction of sp³-hybridized carbons (Fsp3) is 0.300. The molecular formula is C20H19F3O5. The molecule has 0 unspecified atom stereocenters. The number of benzene rings is 2. The molecule has 0 aromatic heterocycles. The monoisotopic (exact) mass is 396 g/mol. The molecule has 2 rings (SSSR count). The van der Waals surface area contributed by atoms with Gasteiger partial charge in [0, 0.05) is 6.92 Å². The number of aldehydes is 1. The van der Waals surface area contributed by atoms with Crippen molar-refractivity contribution in [2.45, 2.75) is 26.4 Å². The Hall–Kier alpha value is -3.03. The van der Waals surface area contributed by atoms with E-state index in [0.29, 0.717) is 19.1 Å². The van der Waals surface area contributed by atoms with Crippen LogP contribution in [0, 0.1) is 17.5 Å². The number of carbonyl (C=O) groups is 2. The van der Waals surface area contributed by atoms with Gasteiger partial charge in [0.05, 0.1) is 24.3 Å². The van der Waals surface area contributed by atoms with Crippen molar-refractivity contribution >= 4 is 12.3 Å². The Morgan fingerprint density at radius 3 is 2.43 bits per heavy atom. The second-order valence-corrected chi connectivity index (χ2v) is 5.82. The molecule has 0 aliphatic carbocycles. The molecule has 0 saturated heterocycles. The molecule has 0 N–H and O–H groups in total. The fourth-order valence-electron chi connectivity index (χ4n) is 2.34. The molecule has 0 aliphatic heterocycles. The van der Waals surface area contributed by atoms with Crippen molar-refractivity contribution in [2.75, 3.05) is 13.2 Å². The minimum absolute atomic E-state index is 0.0346. The average Bonchev–Trinajstić information content (AvgIpc) is 2.67. The zero-order valence-electron chi connectivity index (χ0n) is 15.2. The fourth-order valence-corrected chi connectivity index (χ4v) is 2.34. The van der Waals surface area contributed by atoms with Crippen molar-refractivity contribution in [3.8, 4) is 11.5 Å². The van der Waals surface area contributed by atoms with Gasteiger partial charge in [0.15, 0.2) is 17.9 Å². The van der Waals surface area contributed by atoms with Crippen molar-refractivity contribution in [1.29, 1.82) is 0 Å². The summed E-state index contributed by atoms with van der Waals surface area (Å²) < 4.78 is 56.6. The highest BCUT2D eigenvalue weighted by Gasteiger charge is 2.16. The summed E-state index contributed by atoms with van der Waals surface area (Å²) in [6, 6.07) is 5.50. The summed E-state index contributed by atoms with van der Waals surface area (Å²) in [5.74, 6) is -3.09. The van der Waals surface area contributed by atoms with Gasteiger partial charge in [-0.25, -0.2) is 13.2 Å². The predicted molar refractivity (Wildman–Crippen MR) is 93.8 cm³/mol. The van der Waals surface area contributed by atoms with Crippen LogP contribution in [0.15, 0.2) is 30.3 Å². The summed E-state index contributed by atoms with van der Waals surface area (Å²) in [4.78, 5) is 21.7. The molecular weight excluding hydrogens is 377 g/mol. The molecule has 0 amide bonds. The van der Waals surface area contributed by atoms with E-state index in [0.717, 1.165) is 18.2 Å². The first kappa shape index (κ1) is 21.3. The number of unbranched alkanes of at least 4 members (excludes halogenated alkanes) is 1. The Morgan fingerprint density at radius 1 is 1.00 bits per heavy atom. The molecule has 5 nitrogen and oxygen atoms in total. The van der Waals surface area contributed by atoms with Crippen LogP contribution in [0.4, 0.5) is 13.2 Å². The standard InChI is InChI=1S/C20H19F3O5/c1-13(25)26-8-2-3-9-27-19-7-5-17(22)20(23)16(19)12-28-18-6-4-15(21)10-14(18)11-24/h4-7,10-11H,2-3,8-9,12H2,1H3. The molecule has 28 heavy (non-hydrogen) atoms. The van der Waals surface area contributed by atoms with Crippen LogP contribution in [0.3, 0.4) is 0 Å². The molecule has 0 spiro atoms. The van der Waals surface area contributed by atoms with Crippen LogP contribution < -0.4 is 9.47 Å². The van der Waals surface area contributed by atoms with Crippen LogP contribution in [-0.2, 0) is 16.1 Å². The molecule has 2 aromatic rings. The first-order chi connectivity index (χ1) is 13.4. The van der Waals surface area contributed by atoms with Crippen molar-refractivity contribution in [3.05, 3.63) is 58.9 Å². The number of hydrogen-bond donors (Lipinski definition) is 0. The lowest BCUT2D eigenvalue weighted by Gasteiger charge is -2.14. The summed E-state index contributed by atoms with van der Waals surface area (Å²) in [6.07, 6.45) is 1.48. The topological polar surface area (TPSA) is 61.8 Å². The summed E-state index contributed by atoms with van der Waals surface area (Å²) >= 11 is 0. The lowest BCUT2D eigenvalue weighted by molar-refractivity contribution is -0.141. The smallest absolute Gasteiger partial charge is 0.302 e. The second-order valence-electron chi connectivity index (χ2n) is 5.82. The normalized spacial score (nSPS) is 10.4. The Labute approximate surface area is 160 Å². The van der Waals surface area contributed by atoms with Gasteiger partial charge in [-0.15, -0.1) is 0 Å². The molecule has 0 bridgehead atoms. The van der Waals surface area contributed by atoms with E-state index in [2.05, 4.69) is 0 Å². The highest BCUT2D eigenvalue weighted by atomic mass is 19.2. The Morgan fingerprint density at radius 2 is 1.71 bits per heavy atom. The maximum absolute atomic E-state index is 14.2. The predicted octanol–water partition coefficient (Wildman–Crippen LogP) is 4.22. The zero-order valence-corrected chi connectivity index (χ0v) is 15.2. The molecule has 0 aliphatic rings. The Bertz CT molecular complexity index is 839. The Kier molecular flexibility index (Phi) is 7.86. The maximum atomic E-state index is 14.2. The van der Waals surface area contributed by atoms with E-state index >= 15 is 0 Å². The van der Waals surface area contributed by atoms with Gasteiger partial charge in [0.25, 0.3) is 0 Å². The van der Waals surface area contributed by atoms with Crippen molar-refractivity contribution in [2.24, 2.45) is 0 Å². The molecule has 0 radical (unpaired) electrons. The van der Waals surface area contributed by atoms with Crippen molar-refractivity contribution in [1.82, 2.24) is 0 Å². The molecule has 0 fully saturated rings. The Balaban J connectivity index is 2.03. The zero-order chi connectivity index (χ0) is 20.5. The third-order valence-corrected chi connectivity index (χ3v) is 3.73. The second kappa shape index (κ2) is 10.3. The summed E-state index contributed by atoms with van der Waals surface area (Å²) in [6.45, 7) is 1.32. The van der Waals surface area contributed by atoms with Gasteiger partial charge in [-0.05, 0) is 43.2 Å². The molecule has 150 valence electrons. The highest BCUT2D eigenvalue weighted by Crippen LogP contribution is 2.27. The number of rotatable bonds is 10. The minimum atomic E-state index is -1.13. The number of halogens is 3. The van der Waals surface area contributed by atoms with E-state index in [1.54, 1.807) is 0 Å². The van der Waals surface area contributed by atoms with Crippen molar-refractivity contribution < 1.29 is 37.0 Å². The van der Waals surface area contributed by atoms with E-state index in [-0.39, 0.29) is 41.8 Å². The maximum Gasteiger partial charge on any atom is 0.302 e. The molecule has 2 aromatic carbocycles. The first-order valence-corrected chi connectivity index (χ1v) is 8.53. The molecule has 0 saturated carbocycles. The van der Waals surface area contributed by atoms with Crippen LogP contribution in [0.5, 0.6) is 11.5 Å². The largest absolute Gasteiger partial charge is 0.493 e. The van der Waals surface area contributed by atoms with Crippen LogP contribution in [0.2, 0.25) is 0 Å². The number of esters is 1. The van der Waals surface area contributed by atoms with Gasteiger partial charge in [-0.3, -0.25) is 9.59 Å². The van der Waals surface area contributed by atoms with Crippen LogP contribution in [-0.4, -0.2) is 25.5 Å². The van der Waals surface area contributed by atoms with Gasteiger partial charge in [0.2, 0.25) is 0 Å². The third kappa shape index (κ3) is 6.00. The van der Waals surface area contributed by atoms with Gasteiger partial charge >= 0.3 is 5.97 Å². The van der Waals surface area contributed by atoms with E-state index in [1.165, 1.54) is 19.1 Å². The SMILES string of the molecule is CC(=O)OCCCCOc1ccc(F)c(F)c1COc1ccc(F)cc1C=O. The van der Waals surface area contributed by atoms with Crippen LogP contribution in [0.1, 0.15) is 35.7 Å². The van der Waals surface area contributed by atoms with E-state index in [9.17, 15) is 22.8 Å². The number of hydrogen-bond acceptors (Lipinski definition) is 5. The van der Waals surface area contributed by atoms with Crippen molar-refractivity contribution in [3.63, 3.8) is 0 Å². The first-order valence-electron chi connectivity index (χ1n) is 8.53. The van der Waals surface area contributed by atoms with E-state index in [4.69, 9.17) is 14.2 Å². The quantitative estimate of drug-likeness (QED) is 0.342. The summed E-state index contributed by atoms with van der Waals surface area (Å²) in [7, 11) is 0. The van der Waals surface area contributed by atoms with Gasteiger partial charge in [0.1, 0.15) is 23.9 Å². The third-order valence-electron chi connectivity index (χ3n) is 3.73. The molecule has 8 heteroatoms. The van der Waals surface area contributed by atoms with Crippen LogP contribution >= 0.6 is 0 Å². The number of carbonyl (C=O) groups excluding carboxylic acids is 2.